The first-order chi connectivity index (χ1) is 7.65. The van der Waals surface area contributed by atoms with Crippen LogP contribution in [0.2, 0.25) is 0 Å². The van der Waals surface area contributed by atoms with Gasteiger partial charge < -0.3 is 9.84 Å². The van der Waals surface area contributed by atoms with Gasteiger partial charge in [0.15, 0.2) is 0 Å². The molecule has 16 heavy (non-hydrogen) atoms. The van der Waals surface area contributed by atoms with E-state index in [0.29, 0.717) is 11.3 Å². The molecular formula is C11H12O4S. The van der Waals surface area contributed by atoms with Crippen molar-refractivity contribution in [2.24, 2.45) is 0 Å². The number of ether oxygens (including phenoxy) is 1. The van der Waals surface area contributed by atoms with Gasteiger partial charge in [0.1, 0.15) is 0 Å². The van der Waals surface area contributed by atoms with Gasteiger partial charge in [0.25, 0.3) is 0 Å². The van der Waals surface area contributed by atoms with Gasteiger partial charge in [-0.25, -0.2) is 4.79 Å². The van der Waals surface area contributed by atoms with Crippen molar-refractivity contribution in [2.45, 2.75) is 12.5 Å². The Hall–Kier alpha value is -1.49. The molecule has 0 aromatic heterocycles. The lowest BCUT2D eigenvalue weighted by molar-refractivity contribution is -0.164. The Morgan fingerprint density at radius 3 is 2.44 bits per heavy atom. The van der Waals surface area contributed by atoms with Crippen LogP contribution >= 0.6 is 12.6 Å². The highest BCUT2D eigenvalue weighted by Crippen LogP contribution is 2.18. The Morgan fingerprint density at radius 2 is 1.94 bits per heavy atom. The smallest absolute Gasteiger partial charge is 0.349 e. The van der Waals surface area contributed by atoms with Crippen molar-refractivity contribution >= 4 is 24.6 Å². The van der Waals surface area contributed by atoms with Gasteiger partial charge in [0.2, 0.25) is 6.10 Å². The van der Waals surface area contributed by atoms with Gasteiger partial charge in [-0.05, 0) is 0 Å². The van der Waals surface area contributed by atoms with Crippen LogP contribution in [0.25, 0.3) is 0 Å². The van der Waals surface area contributed by atoms with Crippen LogP contribution in [-0.2, 0) is 14.3 Å². The molecule has 0 radical (unpaired) electrons. The van der Waals surface area contributed by atoms with Crippen LogP contribution in [0.1, 0.15) is 18.1 Å². The molecule has 0 heterocycles. The second-order valence-corrected chi connectivity index (χ2v) is 3.54. The molecule has 0 spiro atoms. The molecule has 1 aromatic carbocycles. The number of carboxylic acid groups (broad SMARTS) is 1. The third-order valence-corrected chi connectivity index (χ3v) is 2.12. The highest BCUT2D eigenvalue weighted by atomic mass is 32.1. The van der Waals surface area contributed by atoms with Crippen LogP contribution < -0.4 is 0 Å². The molecule has 0 bridgehead atoms. The molecule has 1 N–H and O–H groups in total. The minimum atomic E-state index is -1.24. The minimum absolute atomic E-state index is 0.0969. The summed E-state index contributed by atoms with van der Waals surface area (Å²) in [5.41, 5.74) is 0.447. The van der Waals surface area contributed by atoms with Gasteiger partial charge in [-0.2, -0.15) is 12.6 Å². The van der Waals surface area contributed by atoms with Crippen molar-refractivity contribution in [2.75, 3.05) is 5.75 Å². The normalized spacial score (nSPS) is 11.8. The van der Waals surface area contributed by atoms with E-state index < -0.39 is 18.0 Å². The summed E-state index contributed by atoms with van der Waals surface area (Å²) in [4.78, 5) is 22.1. The maximum Gasteiger partial charge on any atom is 0.349 e. The van der Waals surface area contributed by atoms with E-state index in [4.69, 9.17) is 9.84 Å². The standard InChI is InChI=1S/C11H12O4S/c12-9(6-7-16)15-10(11(13)14)8-4-2-1-3-5-8/h1-5,10,16H,6-7H2,(H,13,14). The predicted octanol–water partition coefficient (Wildman–Crippen LogP) is 1.68. The van der Waals surface area contributed by atoms with Gasteiger partial charge >= 0.3 is 11.9 Å². The van der Waals surface area contributed by atoms with Crippen LogP contribution in [-0.4, -0.2) is 22.8 Å². The van der Waals surface area contributed by atoms with Crippen molar-refractivity contribution < 1.29 is 19.4 Å². The van der Waals surface area contributed by atoms with Crippen molar-refractivity contribution in [3.05, 3.63) is 35.9 Å². The highest BCUT2D eigenvalue weighted by Gasteiger charge is 2.23. The summed E-state index contributed by atoms with van der Waals surface area (Å²) in [7, 11) is 0. The second kappa shape index (κ2) is 6.17. The molecule has 86 valence electrons. The van der Waals surface area contributed by atoms with Gasteiger partial charge in [0.05, 0.1) is 6.42 Å². The summed E-state index contributed by atoms with van der Waals surface area (Å²) in [6.07, 6.45) is -1.15. The number of benzene rings is 1. The molecule has 4 nitrogen and oxygen atoms in total. The number of esters is 1. The number of aliphatic carboxylic acids is 1. The average molecular weight is 240 g/mol. The molecule has 0 aliphatic carbocycles. The third-order valence-electron chi connectivity index (χ3n) is 1.89. The van der Waals surface area contributed by atoms with E-state index in [2.05, 4.69) is 12.6 Å². The lowest BCUT2D eigenvalue weighted by atomic mass is 10.1. The third kappa shape index (κ3) is 3.58. The van der Waals surface area contributed by atoms with Crippen LogP contribution in [0, 0.1) is 0 Å². The zero-order chi connectivity index (χ0) is 12.0. The molecule has 5 heteroatoms. The number of rotatable bonds is 5. The molecule has 1 rings (SSSR count). The van der Waals surface area contributed by atoms with Crippen molar-refractivity contribution in [1.29, 1.82) is 0 Å². The van der Waals surface area contributed by atoms with E-state index in [1.54, 1.807) is 30.3 Å². The zero-order valence-corrected chi connectivity index (χ0v) is 9.39. The lowest BCUT2D eigenvalue weighted by Gasteiger charge is -2.13. The van der Waals surface area contributed by atoms with E-state index in [9.17, 15) is 9.59 Å². The molecule has 0 aliphatic heterocycles. The quantitative estimate of drug-likeness (QED) is 0.607. The summed E-state index contributed by atoms with van der Waals surface area (Å²) >= 11 is 3.87. The van der Waals surface area contributed by atoms with Crippen LogP contribution in [0.5, 0.6) is 0 Å². The fraction of sp³-hybridized carbons (Fsp3) is 0.273. The molecular weight excluding hydrogens is 228 g/mol. The molecule has 0 amide bonds. The monoisotopic (exact) mass is 240 g/mol. The van der Waals surface area contributed by atoms with Gasteiger partial charge in [-0.1, -0.05) is 30.3 Å². The first-order valence-corrected chi connectivity index (χ1v) is 5.36. The summed E-state index contributed by atoms with van der Waals surface area (Å²) in [6.45, 7) is 0. The molecule has 1 unspecified atom stereocenters. The molecule has 0 fully saturated rings. The molecule has 0 saturated heterocycles. The van der Waals surface area contributed by atoms with E-state index in [1.165, 1.54) is 0 Å². The van der Waals surface area contributed by atoms with E-state index in [1.807, 2.05) is 0 Å². The predicted molar refractivity (Wildman–Crippen MR) is 61.4 cm³/mol. The van der Waals surface area contributed by atoms with Gasteiger partial charge in [-0.15, -0.1) is 0 Å². The first kappa shape index (κ1) is 12.6. The maximum absolute atomic E-state index is 11.2. The number of thiol groups is 1. The number of carboxylic acids is 1. The van der Waals surface area contributed by atoms with Crippen molar-refractivity contribution in [3.63, 3.8) is 0 Å². The molecule has 1 atom stereocenters. The topological polar surface area (TPSA) is 63.6 Å². The van der Waals surface area contributed by atoms with Crippen LogP contribution in [0.3, 0.4) is 0 Å². The Balaban J connectivity index is 2.77. The lowest BCUT2D eigenvalue weighted by Crippen LogP contribution is -2.19. The maximum atomic E-state index is 11.2. The second-order valence-electron chi connectivity index (χ2n) is 3.09. The summed E-state index contributed by atoms with van der Waals surface area (Å²) in [5, 5.41) is 8.95. The van der Waals surface area contributed by atoms with E-state index in [0.717, 1.165) is 0 Å². The SMILES string of the molecule is O=C(CCS)OC(C(=O)O)c1ccccc1. The highest BCUT2D eigenvalue weighted by molar-refractivity contribution is 7.80. The zero-order valence-electron chi connectivity index (χ0n) is 8.50. The van der Waals surface area contributed by atoms with Crippen molar-refractivity contribution in [1.82, 2.24) is 0 Å². The summed E-state index contributed by atoms with van der Waals surface area (Å²) < 4.78 is 4.85. The minimum Gasteiger partial charge on any atom is -0.478 e. The van der Waals surface area contributed by atoms with E-state index in [-0.39, 0.29) is 6.42 Å². The van der Waals surface area contributed by atoms with E-state index >= 15 is 0 Å². The fourth-order valence-corrected chi connectivity index (χ4v) is 1.35. The number of carbonyl (C=O) groups excluding carboxylic acids is 1. The summed E-state index contributed by atoms with van der Waals surface area (Å²) in [6, 6.07) is 8.35. The molecule has 0 saturated carbocycles. The molecule has 1 aromatic rings. The van der Waals surface area contributed by atoms with Gasteiger partial charge in [0, 0.05) is 11.3 Å². The van der Waals surface area contributed by atoms with Gasteiger partial charge in [-0.3, -0.25) is 4.79 Å². The molecule has 0 aliphatic rings. The van der Waals surface area contributed by atoms with Crippen molar-refractivity contribution in [3.8, 4) is 0 Å². The van der Waals surface area contributed by atoms with Crippen LogP contribution in [0.15, 0.2) is 30.3 Å². The Bertz CT molecular complexity index is 364. The number of carbonyl (C=O) groups is 2. The number of hydrogen-bond acceptors (Lipinski definition) is 4. The number of hydrogen-bond donors (Lipinski definition) is 2. The average Bonchev–Trinajstić information content (AvgIpc) is 2.27. The Labute approximate surface area is 98.6 Å². The first-order valence-electron chi connectivity index (χ1n) is 4.73. The largest absolute Gasteiger partial charge is 0.478 e. The Morgan fingerprint density at radius 1 is 1.31 bits per heavy atom. The fourth-order valence-electron chi connectivity index (χ4n) is 1.17. The summed E-state index contributed by atoms with van der Waals surface area (Å²) in [5.74, 6) is -1.41. The van der Waals surface area contributed by atoms with Crippen LogP contribution in [0.4, 0.5) is 0 Å². The Kier molecular flexibility index (Phi) is 4.85.